The molecule has 0 aliphatic carbocycles. The zero-order valence-corrected chi connectivity index (χ0v) is 10.6. The fraction of sp³-hybridized carbons (Fsp3) is 0.385. The SMILES string of the molecule is Cc1ccc(NC(=O)CN(C)CCC(=O)O)cc1. The fourth-order valence-corrected chi connectivity index (χ4v) is 1.45. The molecule has 2 N–H and O–H groups in total. The summed E-state index contributed by atoms with van der Waals surface area (Å²) >= 11 is 0. The third kappa shape index (κ3) is 5.45. The molecule has 18 heavy (non-hydrogen) atoms. The third-order valence-corrected chi connectivity index (χ3v) is 2.46. The van der Waals surface area contributed by atoms with Crippen molar-refractivity contribution in [1.82, 2.24) is 4.90 Å². The summed E-state index contributed by atoms with van der Waals surface area (Å²) in [6, 6.07) is 7.52. The van der Waals surface area contributed by atoms with Crippen molar-refractivity contribution in [3.63, 3.8) is 0 Å². The molecule has 0 saturated carbocycles. The highest BCUT2D eigenvalue weighted by atomic mass is 16.4. The van der Waals surface area contributed by atoms with Gasteiger partial charge in [-0.2, -0.15) is 0 Å². The van der Waals surface area contributed by atoms with Gasteiger partial charge in [-0.3, -0.25) is 14.5 Å². The number of hydrogen-bond acceptors (Lipinski definition) is 3. The van der Waals surface area contributed by atoms with Gasteiger partial charge in [-0.05, 0) is 26.1 Å². The number of likely N-dealkylation sites (N-methyl/N-ethyl adjacent to an activating group) is 1. The zero-order valence-electron chi connectivity index (χ0n) is 10.6. The first-order valence-corrected chi connectivity index (χ1v) is 5.74. The molecule has 0 heterocycles. The normalized spacial score (nSPS) is 10.4. The molecule has 1 aromatic carbocycles. The number of carboxylic acids is 1. The van der Waals surface area contributed by atoms with E-state index in [0.717, 1.165) is 11.3 Å². The van der Waals surface area contributed by atoms with E-state index < -0.39 is 5.97 Å². The van der Waals surface area contributed by atoms with Gasteiger partial charge in [0.05, 0.1) is 13.0 Å². The maximum absolute atomic E-state index is 11.7. The predicted octanol–water partition coefficient (Wildman–Crippen LogP) is 1.34. The molecular formula is C13H18N2O3. The maximum atomic E-state index is 11.7. The number of amides is 1. The minimum absolute atomic E-state index is 0.0360. The van der Waals surface area contributed by atoms with E-state index in [4.69, 9.17) is 5.11 Å². The van der Waals surface area contributed by atoms with E-state index in [1.54, 1.807) is 11.9 Å². The van der Waals surface area contributed by atoms with Gasteiger partial charge in [-0.15, -0.1) is 0 Å². The van der Waals surface area contributed by atoms with Gasteiger partial charge in [0.1, 0.15) is 0 Å². The van der Waals surface area contributed by atoms with E-state index >= 15 is 0 Å². The second-order valence-corrected chi connectivity index (χ2v) is 4.30. The Balaban J connectivity index is 2.37. The number of carbonyl (C=O) groups is 2. The second kappa shape index (κ2) is 6.76. The molecule has 98 valence electrons. The van der Waals surface area contributed by atoms with Crippen LogP contribution in [0, 0.1) is 6.92 Å². The van der Waals surface area contributed by atoms with E-state index in [9.17, 15) is 9.59 Å². The highest BCUT2D eigenvalue weighted by molar-refractivity contribution is 5.92. The molecular weight excluding hydrogens is 232 g/mol. The Morgan fingerprint density at radius 1 is 1.28 bits per heavy atom. The fourth-order valence-electron chi connectivity index (χ4n) is 1.45. The Bertz CT molecular complexity index is 415. The first kappa shape index (κ1) is 14.2. The average molecular weight is 250 g/mol. The summed E-state index contributed by atoms with van der Waals surface area (Å²) in [5, 5.41) is 11.3. The Kier molecular flexibility index (Phi) is 5.32. The molecule has 1 amide bonds. The first-order valence-electron chi connectivity index (χ1n) is 5.74. The summed E-state index contributed by atoms with van der Waals surface area (Å²) in [7, 11) is 1.72. The summed E-state index contributed by atoms with van der Waals surface area (Å²) in [6.45, 7) is 2.52. The van der Waals surface area contributed by atoms with Crippen LogP contribution in [0.25, 0.3) is 0 Å². The van der Waals surface area contributed by atoms with Crippen molar-refractivity contribution in [3.8, 4) is 0 Å². The molecule has 1 rings (SSSR count). The van der Waals surface area contributed by atoms with E-state index in [2.05, 4.69) is 5.32 Å². The van der Waals surface area contributed by atoms with Crippen molar-refractivity contribution in [2.24, 2.45) is 0 Å². The van der Waals surface area contributed by atoms with Gasteiger partial charge in [0, 0.05) is 12.2 Å². The molecule has 0 aromatic heterocycles. The number of benzene rings is 1. The topological polar surface area (TPSA) is 69.6 Å². The minimum Gasteiger partial charge on any atom is -0.481 e. The lowest BCUT2D eigenvalue weighted by atomic mass is 10.2. The van der Waals surface area contributed by atoms with E-state index in [1.807, 2.05) is 31.2 Å². The maximum Gasteiger partial charge on any atom is 0.304 e. The van der Waals surface area contributed by atoms with Crippen LogP contribution in [0.1, 0.15) is 12.0 Å². The molecule has 0 spiro atoms. The van der Waals surface area contributed by atoms with Crippen LogP contribution in [0.3, 0.4) is 0 Å². The number of carboxylic acid groups (broad SMARTS) is 1. The smallest absolute Gasteiger partial charge is 0.304 e. The number of rotatable bonds is 6. The van der Waals surface area contributed by atoms with Crippen LogP contribution < -0.4 is 5.32 Å². The summed E-state index contributed by atoms with van der Waals surface area (Å²) in [4.78, 5) is 23.7. The van der Waals surface area contributed by atoms with Gasteiger partial charge in [0.25, 0.3) is 0 Å². The number of carbonyl (C=O) groups excluding carboxylic acids is 1. The molecule has 0 unspecified atom stereocenters. The summed E-state index contributed by atoms with van der Waals surface area (Å²) < 4.78 is 0. The molecule has 0 bridgehead atoms. The van der Waals surface area contributed by atoms with Crippen LogP contribution in [0.4, 0.5) is 5.69 Å². The van der Waals surface area contributed by atoms with Crippen LogP contribution in [-0.4, -0.2) is 42.0 Å². The monoisotopic (exact) mass is 250 g/mol. The summed E-state index contributed by atoms with van der Waals surface area (Å²) in [5.41, 5.74) is 1.88. The lowest BCUT2D eigenvalue weighted by Gasteiger charge is -2.15. The van der Waals surface area contributed by atoms with Gasteiger partial charge in [-0.25, -0.2) is 0 Å². The number of nitrogens with one attached hydrogen (secondary N) is 1. The zero-order chi connectivity index (χ0) is 13.5. The Hall–Kier alpha value is -1.88. The van der Waals surface area contributed by atoms with Crippen molar-refractivity contribution in [2.45, 2.75) is 13.3 Å². The van der Waals surface area contributed by atoms with Crippen molar-refractivity contribution < 1.29 is 14.7 Å². The number of anilines is 1. The molecule has 5 heteroatoms. The summed E-state index contributed by atoms with van der Waals surface area (Å²) in [5.74, 6) is -1.01. The highest BCUT2D eigenvalue weighted by Crippen LogP contribution is 2.08. The van der Waals surface area contributed by atoms with Crippen molar-refractivity contribution >= 4 is 17.6 Å². The Morgan fingerprint density at radius 2 is 1.89 bits per heavy atom. The Morgan fingerprint density at radius 3 is 2.44 bits per heavy atom. The number of hydrogen-bond donors (Lipinski definition) is 2. The largest absolute Gasteiger partial charge is 0.481 e. The number of nitrogens with zero attached hydrogens (tertiary/aromatic N) is 1. The first-order chi connectivity index (χ1) is 8.47. The molecule has 0 radical (unpaired) electrons. The van der Waals surface area contributed by atoms with Crippen LogP contribution in [0.2, 0.25) is 0 Å². The molecule has 0 saturated heterocycles. The third-order valence-electron chi connectivity index (χ3n) is 2.46. The van der Waals surface area contributed by atoms with Crippen LogP contribution in [0.15, 0.2) is 24.3 Å². The van der Waals surface area contributed by atoms with E-state index in [0.29, 0.717) is 6.54 Å². The minimum atomic E-state index is -0.860. The van der Waals surface area contributed by atoms with Gasteiger partial charge in [-0.1, -0.05) is 17.7 Å². The quantitative estimate of drug-likeness (QED) is 0.799. The highest BCUT2D eigenvalue weighted by Gasteiger charge is 2.08. The Labute approximate surface area is 106 Å². The molecule has 0 aliphatic heterocycles. The van der Waals surface area contributed by atoms with Gasteiger partial charge >= 0.3 is 5.97 Å². The lowest BCUT2D eigenvalue weighted by molar-refractivity contribution is -0.137. The molecule has 0 aliphatic rings. The van der Waals surface area contributed by atoms with Crippen LogP contribution in [-0.2, 0) is 9.59 Å². The van der Waals surface area contributed by atoms with Crippen molar-refractivity contribution in [1.29, 1.82) is 0 Å². The van der Waals surface area contributed by atoms with Gasteiger partial charge < -0.3 is 10.4 Å². The van der Waals surface area contributed by atoms with Gasteiger partial charge in [0.2, 0.25) is 5.91 Å². The number of aryl methyl sites for hydroxylation is 1. The number of aliphatic carboxylic acids is 1. The molecule has 0 atom stereocenters. The van der Waals surface area contributed by atoms with Crippen molar-refractivity contribution in [2.75, 3.05) is 25.5 Å². The average Bonchev–Trinajstić information content (AvgIpc) is 2.29. The molecule has 0 fully saturated rings. The lowest BCUT2D eigenvalue weighted by Crippen LogP contribution is -2.31. The van der Waals surface area contributed by atoms with Crippen molar-refractivity contribution in [3.05, 3.63) is 29.8 Å². The van der Waals surface area contributed by atoms with Crippen LogP contribution >= 0.6 is 0 Å². The summed E-state index contributed by atoms with van der Waals surface area (Å²) in [6.07, 6.45) is 0.0360. The van der Waals surface area contributed by atoms with E-state index in [-0.39, 0.29) is 18.9 Å². The predicted molar refractivity (Wildman–Crippen MR) is 69.6 cm³/mol. The van der Waals surface area contributed by atoms with Crippen LogP contribution in [0.5, 0.6) is 0 Å². The molecule has 5 nitrogen and oxygen atoms in total. The molecule has 1 aromatic rings. The van der Waals surface area contributed by atoms with E-state index in [1.165, 1.54) is 0 Å². The standard InChI is InChI=1S/C13H18N2O3/c1-10-3-5-11(6-4-10)14-12(16)9-15(2)8-7-13(17)18/h3-6H,7-9H2,1-2H3,(H,14,16)(H,17,18). The second-order valence-electron chi connectivity index (χ2n) is 4.30. The van der Waals surface area contributed by atoms with Gasteiger partial charge in [0.15, 0.2) is 0 Å².